The molecule has 3 aliphatic rings. The summed E-state index contributed by atoms with van der Waals surface area (Å²) in [5.41, 5.74) is 2.90. The van der Waals surface area contributed by atoms with Crippen molar-refractivity contribution < 1.29 is 9.53 Å². The number of hydrogen-bond donors (Lipinski definition) is 0. The third-order valence-electron chi connectivity index (χ3n) is 5.52. The molecule has 3 heteroatoms. The van der Waals surface area contributed by atoms with Gasteiger partial charge in [-0.05, 0) is 44.7 Å². The van der Waals surface area contributed by atoms with Crippen LogP contribution in [0.1, 0.15) is 32.3 Å². The molecule has 0 radical (unpaired) electrons. The highest BCUT2D eigenvalue weighted by molar-refractivity contribution is 5.74. The molecule has 1 aromatic carbocycles. The van der Waals surface area contributed by atoms with Crippen LogP contribution in [-0.4, -0.2) is 36.6 Å². The molecule has 2 bridgehead atoms. The maximum absolute atomic E-state index is 12.3. The number of esters is 1. The van der Waals surface area contributed by atoms with Gasteiger partial charge in [-0.25, -0.2) is 0 Å². The van der Waals surface area contributed by atoms with Gasteiger partial charge >= 0.3 is 5.97 Å². The van der Waals surface area contributed by atoms with Crippen molar-refractivity contribution in [1.82, 2.24) is 4.90 Å². The molecular formula is C20H27NO2. The minimum absolute atomic E-state index is 0.00715. The summed E-state index contributed by atoms with van der Waals surface area (Å²) in [4.78, 5) is 14.7. The predicted molar refractivity (Wildman–Crippen MR) is 92.1 cm³/mol. The lowest BCUT2D eigenvalue weighted by molar-refractivity contribution is -0.153. The summed E-state index contributed by atoms with van der Waals surface area (Å²) in [7, 11) is 2.17. The lowest BCUT2D eigenvalue weighted by Gasteiger charge is -2.52. The molecule has 0 amide bonds. The Morgan fingerprint density at radius 2 is 2.00 bits per heavy atom. The first-order chi connectivity index (χ1) is 11.2. The molecule has 1 aliphatic carbocycles. The number of nitrogens with zero attached hydrogens (tertiary/aromatic N) is 1. The summed E-state index contributed by atoms with van der Waals surface area (Å²) in [6.45, 7) is 4.58. The van der Waals surface area contributed by atoms with E-state index in [9.17, 15) is 4.79 Å². The number of piperidine rings is 1. The van der Waals surface area contributed by atoms with Gasteiger partial charge in [0.15, 0.2) is 0 Å². The third kappa shape index (κ3) is 3.07. The molecule has 23 heavy (non-hydrogen) atoms. The van der Waals surface area contributed by atoms with Crippen molar-refractivity contribution in [3.05, 3.63) is 47.5 Å². The lowest BCUT2D eigenvalue weighted by Crippen LogP contribution is -2.58. The predicted octanol–water partition coefficient (Wildman–Crippen LogP) is 3.45. The Balaban J connectivity index is 1.83. The minimum Gasteiger partial charge on any atom is -0.466 e. The van der Waals surface area contributed by atoms with Crippen LogP contribution >= 0.6 is 0 Å². The van der Waals surface area contributed by atoms with Crippen LogP contribution in [0.2, 0.25) is 0 Å². The number of hydrogen-bond acceptors (Lipinski definition) is 3. The van der Waals surface area contributed by atoms with E-state index >= 15 is 0 Å². The van der Waals surface area contributed by atoms with Crippen LogP contribution in [0, 0.1) is 11.8 Å². The molecule has 1 saturated heterocycles. The van der Waals surface area contributed by atoms with Crippen LogP contribution in [0.15, 0.2) is 42.0 Å². The minimum atomic E-state index is -0.0288. The Morgan fingerprint density at radius 1 is 1.26 bits per heavy atom. The average molecular weight is 313 g/mol. The molecule has 3 nitrogen and oxygen atoms in total. The topological polar surface area (TPSA) is 29.5 Å². The maximum Gasteiger partial charge on any atom is 0.310 e. The average Bonchev–Trinajstić information content (AvgIpc) is 2.58. The van der Waals surface area contributed by atoms with Gasteiger partial charge in [0, 0.05) is 12.1 Å². The number of benzene rings is 1. The Bertz CT molecular complexity index is 581. The van der Waals surface area contributed by atoms with E-state index in [4.69, 9.17) is 4.74 Å². The van der Waals surface area contributed by atoms with E-state index in [2.05, 4.69) is 55.3 Å². The zero-order valence-corrected chi connectivity index (χ0v) is 14.4. The third-order valence-corrected chi connectivity index (χ3v) is 5.52. The van der Waals surface area contributed by atoms with Crippen molar-refractivity contribution in [2.75, 3.05) is 13.7 Å². The highest BCUT2D eigenvalue weighted by atomic mass is 16.5. The molecule has 2 aliphatic heterocycles. The number of rotatable bonds is 5. The van der Waals surface area contributed by atoms with Gasteiger partial charge in [0.2, 0.25) is 0 Å². The number of likely N-dealkylation sites (N-methyl/N-ethyl adjacent to an activating group) is 1. The van der Waals surface area contributed by atoms with Crippen LogP contribution in [0.5, 0.6) is 0 Å². The van der Waals surface area contributed by atoms with Gasteiger partial charge in [-0.15, -0.1) is 0 Å². The van der Waals surface area contributed by atoms with E-state index in [0.717, 1.165) is 19.3 Å². The van der Waals surface area contributed by atoms with Crippen LogP contribution in [0.4, 0.5) is 0 Å². The normalized spacial score (nSPS) is 30.1. The van der Waals surface area contributed by atoms with E-state index in [-0.39, 0.29) is 17.9 Å². The second kappa shape index (κ2) is 6.88. The van der Waals surface area contributed by atoms with E-state index in [1.807, 2.05) is 6.92 Å². The molecule has 2 heterocycles. The summed E-state index contributed by atoms with van der Waals surface area (Å²) < 4.78 is 5.31. The number of carbonyl (C=O) groups excluding carboxylic acids is 1. The number of ether oxygens (including phenoxy) is 1. The van der Waals surface area contributed by atoms with Gasteiger partial charge in [0.05, 0.1) is 12.5 Å². The van der Waals surface area contributed by atoms with E-state index < -0.39 is 0 Å². The van der Waals surface area contributed by atoms with Gasteiger partial charge in [0.1, 0.15) is 0 Å². The molecule has 0 N–H and O–H groups in total. The lowest BCUT2D eigenvalue weighted by atomic mass is 9.67. The van der Waals surface area contributed by atoms with Crippen molar-refractivity contribution in [2.24, 2.45) is 11.8 Å². The smallest absolute Gasteiger partial charge is 0.310 e. The molecule has 0 spiro atoms. The SMILES string of the molecule is CCOC(=O)C1CC2C(CC)=CC1N(C)C2Cc1ccccc1. The molecule has 4 rings (SSSR count). The van der Waals surface area contributed by atoms with Gasteiger partial charge in [-0.1, -0.05) is 48.9 Å². The summed E-state index contributed by atoms with van der Waals surface area (Å²) in [5.74, 6) is 0.427. The first kappa shape index (κ1) is 16.3. The fraction of sp³-hybridized carbons (Fsp3) is 0.550. The van der Waals surface area contributed by atoms with Crippen molar-refractivity contribution in [2.45, 2.75) is 45.2 Å². The molecular weight excluding hydrogens is 286 g/mol. The zero-order chi connectivity index (χ0) is 16.4. The van der Waals surface area contributed by atoms with Crippen molar-refractivity contribution in [3.8, 4) is 0 Å². The summed E-state index contributed by atoms with van der Waals surface area (Å²) >= 11 is 0. The summed E-state index contributed by atoms with van der Waals surface area (Å²) in [6, 6.07) is 11.3. The number of fused-ring (bicyclic) bond motifs is 2. The van der Waals surface area contributed by atoms with Crippen molar-refractivity contribution in [3.63, 3.8) is 0 Å². The monoisotopic (exact) mass is 313 g/mol. The standard InChI is InChI=1S/C20H27NO2/c1-4-15-12-19-17(20(22)23-5-2)13-16(15)18(21(19)3)11-14-9-7-6-8-10-14/h6-10,12,16-19H,4-5,11,13H2,1-3H3. The van der Waals surface area contributed by atoms with Crippen molar-refractivity contribution in [1.29, 1.82) is 0 Å². The number of carbonyl (C=O) groups is 1. The fourth-order valence-electron chi connectivity index (χ4n) is 4.34. The molecule has 1 aromatic rings. The molecule has 0 aromatic heterocycles. The van der Waals surface area contributed by atoms with Gasteiger partial charge < -0.3 is 4.74 Å². The van der Waals surface area contributed by atoms with Gasteiger partial charge in [-0.3, -0.25) is 9.69 Å². The Kier molecular flexibility index (Phi) is 4.86. The largest absolute Gasteiger partial charge is 0.466 e. The van der Waals surface area contributed by atoms with E-state index in [0.29, 0.717) is 18.6 Å². The van der Waals surface area contributed by atoms with Crippen LogP contribution in [0.25, 0.3) is 0 Å². The summed E-state index contributed by atoms with van der Waals surface area (Å²) in [5, 5.41) is 0. The second-order valence-electron chi connectivity index (χ2n) is 6.71. The second-order valence-corrected chi connectivity index (χ2v) is 6.71. The molecule has 4 atom stereocenters. The van der Waals surface area contributed by atoms with Gasteiger partial charge in [0.25, 0.3) is 0 Å². The van der Waals surface area contributed by atoms with Gasteiger partial charge in [-0.2, -0.15) is 0 Å². The first-order valence-electron chi connectivity index (χ1n) is 8.78. The first-order valence-corrected chi connectivity index (χ1v) is 8.78. The Hall–Kier alpha value is -1.61. The van der Waals surface area contributed by atoms with E-state index in [1.165, 1.54) is 11.1 Å². The quantitative estimate of drug-likeness (QED) is 0.616. The molecule has 4 unspecified atom stereocenters. The molecule has 1 fully saturated rings. The zero-order valence-electron chi connectivity index (χ0n) is 14.4. The summed E-state index contributed by atoms with van der Waals surface area (Å²) in [6.07, 6.45) is 5.39. The van der Waals surface area contributed by atoms with Crippen LogP contribution < -0.4 is 0 Å². The Morgan fingerprint density at radius 3 is 2.65 bits per heavy atom. The fourth-order valence-corrected chi connectivity index (χ4v) is 4.34. The molecule has 124 valence electrons. The maximum atomic E-state index is 12.3. The highest BCUT2D eigenvalue weighted by Crippen LogP contribution is 2.44. The van der Waals surface area contributed by atoms with E-state index in [1.54, 1.807) is 0 Å². The van der Waals surface area contributed by atoms with Crippen molar-refractivity contribution >= 4 is 5.97 Å². The van der Waals surface area contributed by atoms with Crippen LogP contribution in [0.3, 0.4) is 0 Å². The highest BCUT2D eigenvalue weighted by Gasteiger charge is 2.48. The Labute approximate surface area is 139 Å². The molecule has 0 saturated carbocycles. The van der Waals surface area contributed by atoms with Crippen LogP contribution in [-0.2, 0) is 16.0 Å².